The Hall–Kier alpha value is -8.71. The number of aliphatic hydroxyl groups excluding tert-OH is 3. The minimum Gasteiger partial charge on any atom is -0.480 e. The minimum absolute atomic E-state index is 0.0208. The lowest BCUT2D eigenvalue weighted by Gasteiger charge is -2.11. The molecule has 1 heterocycles. The van der Waals surface area contributed by atoms with Gasteiger partial charge in [-0.2, -0.15) is 0 Å². The molecule has 1 rings (SSSR count). The van der Waals surface area contributed by atoms with Gasteiger partial charge in [-0.25, -0.2) is 0 Å². The lowest BCUT2D eigenvalue weighted by molar-refractivity contribution is -0.140. The van der Waals surface area contributed by atoms with Crippen molar-refractivity contribution in [2.24, 2.45) is 133 Å². The number of aliphatic hydroxyl groups is 3. The molecule has 49 nitrogen and oxygen atoms in total. The summed E-state index contributed by atoms with van der Waals surface area (Å²) in [5.41, 5.74) is 75.6. The number of hydrogen-bond acceptors (Lipinski definition) is 34. The first-order valence-electron chi connectivity index (χ1n) is 37.1. The molecule has 119 heavy (non-hydrogen) atoms. The average molecular weight is 1750 g/mol. The average Bonchev–Trinajstić information content (AvgIpc) is 1.84. The summed E-state index contributed by atoms with van der Waals surface area (Å²) in [5.74, 6) is -12.8. The molecule has 0 aromatic carbocycles. The second kappa shape index (κ2) is 91.6. The number of carboxylic acids is 15. The third-order valence-corrected chi connectivity index (χ3v) is 13.8. The number of rotatable bonds is 36. The van der Waals surface area contributed by atoms with Gasteiger partial charge in [0.25, 0.3) is 0 Å². The number of nitrogens with two attached hydrogens (primary N) is 15. The van der Waals surface area contributed by atoms with E-state index in [0.29, 0.717) is 62.3 Å². The lowest BCUT2D eigenvalue weighted by Crippen LogP contribution is -2.36. The Morgan fingerprint density at radius 1 is 0.311 bits per heavy atom. The molecular weight excluding hydrogens is 1590 g/mol. The number of aliphatic carboxylic acids is 15. The van der Waals surface area contributed by atoms with E-state index >= 15 is 0 Å². The van der Waals surface area contributed by atoms with Gasteiger partial charge in [-0.1, -0.05) is 130 Å². The number of hydrogen-bond donors (Lipinski definition) is 34. The molecule has 0 radical (unpaired) electrons. The highest BCUT2D eigenvalue weighted by molar-refractivity contribution is 5.77. The van der Waals surface area contributed by atoms with Crippen LogP contribution in [0.1, 0.15) is 181 Å². The van der Waals surface area contributed by atoms with Crippen LogP contribution >= 0.6 is 0 Å². The van der Waals surface area contributed by atoms with Crippen molar-refractivity contribution in [3.05, 3.63) is 0 Å². The number of nitrogens with one attached hydrogen (secondary N) is 1. The summed E-state index contributed by atoms with van der Waals surface area (Å²) < 4.78 is 0. The lowest BCUT2D eigenvalue weighted by atomic mass is 10.0. The molecule has 0 saturated carbocycles. The number of carbonyl (C=O) groups is 15. The minimum atomic E-state index is -1.18. The van der Waals surface area contributed by atoms with Crippen molar-refractivity contribution in [1.82, 2.24) is 5.32 Å². The Labute approximate surface area is 695 Å². The van der Waals surface area contributed by atoms with Crippen LogP contribution in [0.2, 0.25) is 0 Å². The van der Waals surface area contributed by atoms with E-state index in [1.807, 2.05) is 83.1 Å². The summed E-state index contributed by atoms with van der Waals surface area (Å²) in [6.07, 6.45) is 7.78. The smallest absolute Gasteiger partial charge is 0.322 e. The highest BCUT2D eigenvalue weighted by Crippen LogP contribution is 2.08. The SMILES string of the molecule is CC(C)C[C@H](N)C(=O)O.CC(C)C[C@H](N)C(=O)O.CC(C)C[C@H](N)C(=O)O.CC(C)C[C@H](N)C(=O)O.CC(C)[C@H](N)C(=O)O.CC(C)[C@H](N)C(=O)O.CC[C@H](C)[C@H](N)C(=O)O.CC[C@H](C)[C@H](N)C(=O)O.NCC(=O)O.NCC(=O)O.NCCCC[C@H](N)C(=O)O.N[C@@H](CO)C(=O)O.N[C@@H](CO)C(=O)O.N[C@@H](CO)C(=O)O.O=C(O)[C@@H]1CCCN1. The molecule has 0 aliphatic carbocycles. The van der Waals surface area contributed by atoms with Gasteiger partial charge in [-0.3, -0.25) is 71.9 Å². The molecule has 0 aromatic rings. The fraction of sp³-hybridized carbons (Fsp3) is 0.786. The van der Waals surface area contributed by atoms with Crippen LogP contribution in [0.5, 0.6) is 0 Å². The van der Waals surface area contributed by atoms with Crippen molar-refractivity contribution in [2.45, 2.75) is 260 Å². The van der Waals surface area contributed by atoms with Gasteiger partial charge in [0.05, 0.1) is 32.9 Å². The third kappa shape index (κ3) is 123. The van der Waals surface area contributed by atoms with Crippen molar-refractivity contribution >= 4 is 89.5 Å². The van der Waals surface area contributed by atoms with Gasteiger partial charge in [0.15, 0.2) is 0 Å². The third-order valence-electron chi connectivity index (χ3n) is 13.8. The van der Waals surface area contributed by atoms with Gasteiger partial charge < -0.3 is 183 Å². The molecule has 0 unspecified atom stereocenters. The van der Waals surface area contributed by atoms with Crippen LogP contribution in [0.15, 0.2) is 0 Å². The van der Waals surface area contributed by atoms with Crippen LogP contribution in [0, 0.1) is 47.3 Å². The van der Waals surface area contributed by atoms with Crippen LogP contribution in [0.25, 0.3) is 0 Å². The summed E-state index contributed by atoms with van der Waals surface area (Å²) in [6, 6.07) is -9.94. The molecule has 712 valence electrons. The maximum atomic E-state index is 10.2. The van der Waals surface area contributed by atoms with Crippen LogP contribution < -0.4 is 91.3 Å². The van der Waals surface area contributed by atoms with E-state index < -0.39 is 182 Å². The van der Waals surface area contributed by atoms with E-state index in [1.165, 1.54) is 0 Å². The Morgan fingerprint density at radius 2 is 0.513 bits per heavy atom. The molecule has 0 aromatic heterocycles. The summed E-state index contributed by atoms with van der Waals surface area (Å²) >= 11 is 0. The largest absolute Gasteiger partial charge is 0.480 e. The predicted molar refractivity (Wildman–Crippen MR) is 440 cm³/mol. The van der Waals surface area contributed by atoms with E-state index in [9.17, 15) is 71.9 Å². The normalized spacial score (nSPS) is 14.6. The monoisotopic (exact) mass is 1750 g/mol. The molecule has 1 saturated heterocycles. The highest BCUT2D eigenvalue weighted by atomic mass is 16.4. The fourth-order valence-corrected chi connectivity index (χ4v) is 5.76. The first kappa shape index (κ1) is 142. The van der Waals surface area contributed by atoms with Gasteiger partial charge in [0, 0.05) is 0 Å². The zero-order valence-corrected chi connectivity index (χ0v) is 71.7. The topological polar surface area (TPSA) is 1020 Å². The molecule has 1 aliphatic heterocycles. The molecule has 15 atom stereocenters. The molecule has 49 N–H and O–H groups in total. The van der Waals surface area contributed by atoms with Crippen molar-refractivity contribution in [3.63, 3.8) is 0 Å². The van der Waals surface area contributed by atoms with Crippen molar-refractivity contribution in [3.8, 4) is 0 Å². The van der Waals surface area contributed by atoms with Crippen molar-refractivity contribution in [2.75, 3.05) is 46.0 Å². The first-order chi connectivity index (χ1) is 54.0. The maximum absolute atomic E-state index is 10.2. The molecule has 0 bridgehead atoms. The number of carboxylic acid groups (broad SMARTS) is 15. The maximum Gasteiger partial charge on any atom is 0.322 e. The predicted octanol–water partition coefficient (Wildman–Crippen LogP) is -4.64. The highest BCUT2D eigenvalue weighted by Gasteiger charge is 2.22. The Balaban J connectivity index is -0.0000000830. The van der Waals surface area contributed by atoms with E-state index in [0.717, 1.165) is 45.1 Å². The Bertz CT molecular complexity index is 2410. The van der Waals surface area contributed by atoms with Crippen LogP contribution in [0.4, 0.5) is 0 Å². The molecule has 0 spiro atoms. The zero-order valence-electron chi connectivity index (χ0n) is 71.7. The second-order valence-electron chi connectivity index (χ2n) is 27.8. The van der Waals surface area contributed by atoms with Crippen LogP contribution in [-0.4, -0.2) is 306 Å². The van der Waals surface area contributed by atoms with Crippen LogP contribution in [0.3, 0.4) is 0 Å². The summed E-state index contributed by atoms with van der Waals surface area (Å²) in [6.45, 7) is 29.6. The standard InChI is InChI=1S/C6H14N2O2.6C6H13NO2.C5H9NO2.2C5H11NO2.3C3H7NO3.2C2H5NO2/c7-4-2-1-3-5(8)6(9)10;4*1-4(2)3-5(7)6(8)9;2*1-3-4(2)5(7)6(8)9;7-5(8)4-2-1-3-6-4;2*1-3(2)4(6)5(7)8;3*4-2(1-5)3(6)7;2*3-1-2(4)5/h5H,1-4,7-8H2,(H,9,10);6*4-5H,3,7H2,1-2H3,(H,8,9);4,6H,1-3H2,(H,7,8);2*3-4H,6H2,1-2H3,(H,7,8);3*2,5H,1,4H2,(H,6,7);2*1,3H2,(H,4,5)/t5*5-;2*4-,5-;3*4-;3*2-;;/m0000000000000../s1. The molecule has 49 heteroatoms. The second-order valence-corrected chi connectivity index (χ2v) is 27.8. The quantitative estimate of drug-likeness (QED) is 0.0262. The van der Waals surface area contributed by atoms with Gasteiger partial charge in [0.1, 0.15) is 78.5 Å². The van der Waals surface area contributed by atoms with Crippen molar-refractivity contribution < 1.29 is 164 Å². The van der Waals surface area contributed by atoms with Gasteiger partial charge in [0.2, 0.25) is 0 Å². The van der Waals surface area contributed by atoms with Gasteiger partial charge in [-0.15, -0.1) is 0 Å². The van der Waals surface area contributed by atoms with E-state index in [1.54, 1.807) is 27.7 Å². The molecule has 1 aliphatic rings. The molecular formula is C70H154N16O33. The van der Waals surface area contributed by atoms with Gasteiger partial charge in [-0.05, 0) is 112 Å². The van der Waals surface area contributed by atoms with Crippen LogP contribution in [-0.2, 0) is 71.9 Å². The van der Waals surface area contributed by atoms with E-state index in [2.05, 4.69) is 16.8 Å². The molecule has 1 fully saturated rings. The Kier molecular flexibility index (Phi) is 109. The number of unbranched alkanes of at least 4 members (excludes halogenated alkanes) is 1. The summed E-state index contributed by atoms with van der Waals surface area (Å²) in [4.78, 5) is 149. The zero-order chi connectivity index (χ0) is 98.2. The molecule has 0 amide bonds. The van der Waals surface area contributed by atoms with Crippen molar-refractivity contribution in [1.29, 1.82) is 0 Å². The van der Waals surface area contributed by atoms with Gasteiger partial charge >= 0.3 is 89.5 Å². The van der Waals surface area contributed by atoms with E-state index in [-0.39, 0.29) is 42.8 Å². The van der Waals surface area contributed by atoms with E-state index in [4.69, 9.17) is 166 Å². The summed E-state index contributed by atoms with van der Waals surface area (Å²) in [7, 11) is 0. The first-order valence-corrected chi connectivity index (χ1v) is 37.1. The Morgan fingerprint density at radius 3 is 0.580 bits per heavy atom. The summed E-state index contributed by atoms with van der Waals surface area (Å²) in [5, 5.41) is 149. The fourth-order valence-electron chi connectivity index (χ4n) is 5.76.